The highest BCUT2D eigenvalue weighted by atomic mass is 16.4. The minimum Gasteiger partial charge on any atom is -0.481 e. The summed E-state index contributed by atoms with van der Waals surface area (Å²) >= 11 is 0. The maximum atomic E-state index is 11.8. The van der Waals surface area contributed by atoms with Gasteiger partial charge in [-0.25, -0.2) is 4.79 Å². The van der Waals surface area contributed by atoms with Crippen molar-refractivity contribution in [3.8, 4) is 0 Å². The molecule has 158 valence electrons. The third-order valence-corrected chi connectivity index (χ3v) is 4.68. The van der Waals surface area contributed by atoms with Crippen molar-refractivity contribution < 1.29 is 26.0 Å². The number of rotatable bonds is 19. The van der Waals surface area contributed by atoms with Gasteiger partial charge in [-0.2, -0.15) is 0 Å². The van der Waals surface area contributed by atoms with E-state index in [1.54, 1.807) is 0 Å². The van der Waals surface area contributed by atoms with Gasteiger partial charge in [-0.1, -0.05) is 83.9 Å². The summed E-state index contributed by atoms with van der Waals surface area (Å²) in [6, 6.07) is -1.12. The summed E-state index contributed by atoms with van der Waals surface area (Å²) < 4.78 is 7.09. The lowest BCUT2D eigenvalue weighted by atomic mass is 10.0. The van der Waals surface area contributed by atoms with Crippen LogP contribution < -0.4 is 5.32 Å². The van der Waals surface area contributed by atoms with Gasteiger partial charge in [0.1, 0.15) is 6.04 Å². The Labute approximate surface area is 165 Å². The predicted molar refractivity (Wildman–Crippen MR) is 107 cm³/mol. The van der Waals surface area contributed by atoms with Crippen LogP contribution in [0.2, 0.25) is 0 Å². The molecule has 0 fully saturated rings. The normalized spacial score (nSPS) is 12.4. The number of aliphatic carboxylic acids is 2. The lowest BCUT2D eigenvalue weighted by molar-refractivity contribution is -0.143. The highest BCUT2D eigenvalue weighted by Crippen LogP contribution is 2.13. The van der Waals surface area contributed by atoms with Crippen LogP contribution in [0.25, 0.3) is 0 Å². The van der Waals surface area contributed by atoms with Crippen LogP contribution in [-0.4, -0.2) is 34.1 Å². The number of unbranched alkanes of at least 4 members (excludes halogenated alkanes) is 12. The quantitative estimate of drug-likeness (QED) is 0.274. The van der Waals surface area contributed by atoms with Crippen LogP contribution in [0, 0.1) is 0 Å². The summed E-state index contributed by atoms with van der Waals surface area (Å²) in [4.78, 5) is 33.3. The van der Waals surface area contributed by atoms with Crippen molar-refractivity contribution in [3.63, 3.8) is 0 Å². The molecule has 6 heteroatoms. The fourth-order valence-corrected chi connectivity index (χ4v) is 3.02. The number of carboxylic acids is 2. The van der Waals surface area contributed by atoms with Crippen LogP contribution >= 0.6 is 0 Å². The van der Waals surface area contributed by atoms with Gasteiger partial charge in [0.2, 0.25) is 5.91 Å². The van der Waals surface area contributed by atoms with Crippen molar-refractivity contribution in [2.75, 3.05) is 0 Å². The van der Waals surface area contributed by atoms with Crippen molar-refractivity contribution in [2.24, 2.45) is 0 Å². The van der Waals surface area contributed by atoms with E-state index in [1.165, 1.54) is 57.8 Å². The van der Waals surface area contributed by atoms with Gasteiger partial charge in [-0.15, -0.1) is 0 Å². The zero-order valence-corrected chi connectivity index (χ0v) is 16.7. The number of hydrogen-bond acceptors (Lipinski definition) is 3. The van der Waals surface area contributed by atoms with E-state index in [-0.39, 0.29) is 25.2 Å². The zero-order chi connectivity index (χ0) is 21.0. The van der Waals surface area contributed by atoms with Gasteiger partial charge in [0.05, 0.1) is 0 Å². The van der Waals surface area contributed by atoms with Crippen LogP contribution in [0.5, 0.6) is 0 Å². The van der Waals surface area contributed by atoms with Crippen molar-refractivity contribution in [1.29, 1.82) is 0 Å². The highest BCUT2D eigenvalue weighted by molar-refractivity contribution is 5.83. The minimum atomic E-state index is -1.19. The molecule has 0 aromatic heterocycles. The topological polar surface area (TPSA) is 104 Å². The Kier molecular flexibility index (Phi) is 15.5. The first-order valence-corrected chi connectivity index (χ1v) is 10.5. The first kappa shape index (κ1) is 23.4. The van der Waals surface area contributed by atoms with Crippen LogP contribution in [0.4, 0.5) is 0 Å². The van der Waals surface area contributed by atoms with E-state index >= 15 is 0 Å². The lowest BCUT2D eigenvalue weighted by Gasteiger charge is -2.13. The largest absolute Gasteiger partial charge is 0.481 e. The molecule has 0 aliphatic carbocycles. The van der Waals surface area contributed by atoms with E-state index in [9.17, 15) is 14.4 Å². The Bertz CT molecular complexity index is 431. The summed E-state index contributed by atoms with van der Waals surface area (Å²) in [5, 5.41) is 20.0. The molecule has 0 aromatic carbocycles. The molecule has 0 aliphatic heterocycles. The monoisotopic (exact) mass is 386 g/mol. The van der Waals surface area contributed by atoms with Gasteiger partial charge in [0.15, 0.2) is 0 Å². The van der Waals surface area contributed by atoms with Crippen LogP contribution in [-0.2, 0) is 14.4 Å². The van der Waals surface area contributed by atoms with Crippen molar-refractivity contribution in [2.45, 2.75) is 116 Å². The maximum Gasteiger partial charge on any atom is 0.326 e. The fourth-order valence-electron chi connectivity index (χ4n) is 3.02. The Morgan fingerprint density at radius 2 is 1.26 bits per heavy atom. The van der Waals surface area contributed by atoms with Gasteiger partial charge in [-0.3, -0.25) is 9.59 Å². The molecule has 0 bridgehead atoms. The van der Waals surface area contributed by atoms with Crippen LogP contribution in [0.15, 0.2) is 0 Å². The number of carbonyl (C=O) groups is 3. The van der Waals surface area contributed by atoms with E-state index in [4.69, 9.17) is 11.6 Å². The molecule has 27 heavy (non-hydrogen) atoms. The van der Waals surface area contributed by atoms with Crippen molar-refractivity contribution in [3.05, 3.63) is 0 Å². The Morgan fingerprint density at radius 1 is 0.778 bits per heavy atom. The Balaban J connectivity index is 3.48. The number of carbonyl (C=O) groups excluding carboxylic acids is 1. The fraction of sp³-hybridized carbons (Fsp3) is 0.857. The lowest BCUT2D eigenvalue weighted by Crippen LogP contribution is -2.41. The molecule has 0 heterocycles. The number of amides is 1. The summed E-state index contributed by atoms with van der Waals surface area (Å²) in [5.74, 6) is -2.58. The first-order chi connectivity index (χ1) is 13.5. The molecular formula is C21H39NO5. The molecule has 0 aliphatic rings. The number of carboxylic acid groups (broad SMARTS) is 2. The molecule has 0 spiro atoms. The molecule has 0 saturated carbocycles. The van der Waals surface area contributed by atoms with Crippen LogP contribution in [0.1, 0.15) is 111 Å². The average Bonchev–Trinajstić information content (AvgIpc) is 2.65. The summed E-state index contributed by atoms with van der Waals surface area (Å²) in [5.41, 5.74) is 0. The van der Waals surface area contributed by atoms with Gasteiger partial charge in [-0.05, 0) is 12.8 Å². The minimum absolute atomic E-state index is 0.0956. The van der Waals surface area contributed by atoms with Crippen LogP contribution in [0.3, 0.4) is 0 Å². The molecule has 0 rings (SSSR count). The van der Waals surface area contributed by atoms with Crippen molar-refractivity contribution in [1.82, 2.24) is 5.32 Å². The summed E-state index contributed by atoms with van der Waals surface area (Å²) in [7, 11) is 0. The third kappa shape index (κ3) is 17.6. The maximum absolute atomic E-state index is 11.8. The Morgan fingerprint density at radius 3 is 1.70 bits per heavy atom. The predicted octanol–water partition coefficient (Wildman–Crippen LogP) is 4.90. The highest BCUT2D eigenvalue weighted by Gasteiger charge is 2.20. The smallest absolute Gasteiger partial charge is 0.326 e. The summed E-state index contributed by atoms with van der Waals surface area (Å²) in [6.45, 7) is 0.556. The van der Waals surface area contributed by atoms with Crippen molar-refractivity contribution >= 4 is 17.8 Å². The SMILES string of the molecule is [2H]CCCCCCCCCCCCCCCC(=O)N[C@@H](CCC(=O)O)C(=O)O. The van der Waals surface area contributed by atoms with Gasteiger partial charge in [0.25, 0.3) is 0 Å². The molecular weight excluding hydrogens is 346 g/mol. The molecule has 0 saturated heterocycles. The van der Waals surface area contributed by atoms with E-state index in [2.05, 4.69) is 5.32 Å². The molecule has 1 atom stereocenters. The van der Waals surface area contributed by atoms with E-state index < -0.39 is 18.0 Å². The van der Waals surface area contributed by atoms with E-state index in [1.807, 2.05) is 0 Å². The third-order valence-electron chi connectivity index (χ3n) is 4.68. The van der Waals surface area contributed by atoms with E-state index in [0.29, 0.717) is 6.90 Å². The second-order valence-electron chi connectivity index (χ2n) is 7.24. The molecule has 0 unspecified atom stereocenters. The molecule has 6 nitrogen and oxygen atoms in total. The zero-order valence-electron chi connectivity index (χ0n) is 17.7. The average molecular weight is 387 g/mol. The number of hydrogen-bond donors (Lipinski definition) is 3. The Hall–Kier alpha value is -1.59. The second kappa shape index (κ2) is 17.8. The van der Waals surface area contributed by atoms with Gasteiger partial charge < -0.3 is 15.5 Å². The molecule has 1 amide bonds. The number of nitrogens with one attached hydrogen (secondary N) is 1. The van der Waals surface area contributed by atoms with Gasteiger partial charge in [0, 0.05) is 14.2 Å². The molecule has 0 radical (unpaired) electrons. The van der Waals surface area contributed by atoms with E-state index in [0.717, 1.165) is 25.7 Å². The molecule has 3 N–H and O–H groups in total. The van der Waals surface area contributed by atoms with Gasteiger partial charge >= 0.3 is 11.9 Å². The second-order valence-corrected chi connectivity index (χ2v) is 7.24. The standard InChI is InChI=1S/C21H39NO5/c1-2-3-4-5-6-7-8-9-10-11-12-13-14-15-19(23)22-18(21(26)27)16-17-20(24)25/h18H,2-17H2,1H3,(H,22,23)(H,24,25)(H,26,27)/t18-/m0/s1/i1D. The summed E-state index contributed by atoms with van der Waals surface area (Å²) in [6.07, 6.45) is 15.0. The first-order valence-electron chi connectivity index (χ1n) is 11.2. The molecule has 0 aromatic rings.